The van der Waals surface area contributed by atoms with Crippen LogP contribution in [0.2, 0.25) is 0 Å². The molecule has 0 radical (unpaired) electrons. The average molecular weight is 330 g/mol. The van der Waals surface area contributed by atoms with Gasteiger partial charge in [-0.05, 0) is 6.42 Å². The summed E-state index contributed by atoms with van der Waals surface area (Å²) in [5.41, 5.74) is 0. The Hall–Kier alpha value is 1.75. The molecule has 0 aromatic heterocycles. The third kappa shape index (κ3) is 5.75. The van der Waals surface area contributed by atoms with E-state index in [1.165, 1.54) is 0 Å². The topological polar surface area (TPSA) is 0 Å². The van der Waals surface area contributed by atoms with Crippen molar-refractivity contribution >= 4 is 56.8 Å². The highest BCUT2D eigenvalue weighted by Gasteiger charge is 1.91. The maximum atomic E-state index is 5.56. The predicted octanol–water partition coefficient (Wildman–Crippen LogP) is 2.81. The molecule has 0 N–H and O–H groups in total. The van der Waals surface area contributed by atoms with Gasteiger partial charge < -0.3 is 0 Å². The quantitative estimate of drug-likeness (QED) is 0.540. The minimum atomic E-state index is 0.333. The van der Waals surface area contributed by atoms with Crippen molar-refractivity contribution in [1.82, 2.24) is 0 Å². The third-order valence-electron chi connectivity index (χ3n) is 0.327. The first-order chi connectivity index (χ1) is 2.77. The lowest BCUT2D eigenvalue weighted by Crippen LogP contribution is -1.82. The number of hydrogen-bond donors (Lipinski definition) is 0. The van der Waals surface area contributed by atoms with Crippen molar-refractivity contribution in [3.63, 3.8) is 0 Å². The molecular formula is C3H5ClI2. The molecule has 0 aromatic carbocycles. The fourth-order valence-corrected chi connectivity index (χ4v) is 2.69. The number of rotatable bonds is 2. The summed E-state index contributed by atoms with van der Waals surface area (Å²) in [5.74, 6) is 0. The van der Waals surface area contributed by atoms with E-state index in [4.69, 9.17) is 11.6 Å². The van der Waals surface area contributed by atoms with Crippen LogP contribution in [0.25, 0.3) is 0 Å². The molecule has 1 unspecified atom stereocenters. The lowest BCUT2D eigenvalue weighted by atomic mass is 10.6. The number of halogens is 3. The van der Waals surface area contributed by atoms with Gasteiger partial charge in [0.25, 0.3) is 0 Å². The minimum absolute atomic E-state index is 0.333. The molecule has 38 valence electrons. The fraction of sp³-hybridized carbons (Fsp3) is 1.00. The van der Waals surface area contributed by atoms with Crippen LogP contribution in [0.1, 0.15) is 6.42 Å². The maximum absolute atomic E-state index is 5.56. The van der Waals surface area contributed by atoms with Crippen LogP contribution >= 0.6 is 56.8 Å². The number of alkyl halides is 3. The molecule has 0 aliphatic carbocycles. The van der Waals surface area contributed by atoms with Crippen molar-refractivity contribution in [2.45, 2.75) is 9.80 Å². The Balaban J connectivity index is 2.63. The van der Waals surface area contributed by atoms with Gasteiger partial charge in [0.05, 0.1) is 3.38 Å². The predicted molar refractivity (Wildman–Crippen MR) is 47.2 cm³/mol. The van der Waals surface area contributed by atoms with E-state index in [0.717, 1.165) is 10.8 Å². The van der Waals surface area contributed by atoms with Gasteiger partial charge in [0.1, 0.15) is 0 Å². The molecule has 0 rings (SSSR count). The molecule has 0 aliphatic heterocycles. The SMILES string of the molecule is ClC(I)CCI. The Morgan fingerprint density at radius 2 is 2.17 bits per heavy atom. The van der Waals surface area contributed by atoms with Crippen LogP contribution in [0, 0.1) is 0 Å². The normalized spacial score (nSPS) is 14.5. The van der Waals surface area contributed by atoms with Gasteiger partial charge in [-0.15, -0.1) is 11.6 Å². The summed E-state index contributed by atoms with van der Waals surface area (Å²) in [7, 11) is 0. The van der Waals surface area contributed by atoms with E-state index in [1.807, 2.05) is 0 Å². The molecule has 0 heterocycles. The van der Waals surface area contributed by atoms with E-state index in [2.05, 4.69) is 45.2 Å². The lowest BCUT2D eigenvalue weighted by Gasteiger charge is -1.90. The summed E-state index contributed by atoms with van der Waals surface area (Å²) in [6.07, 6.45) is 1.11. The summed E-state index contributed by atoms with van der Waals surface area (Å²) < 4.78 is 1.49. The minimum Gasteiger partial charge on any atom is -0.111 e. The van der Waals surface area contributed by atoms with Gasteiger partial charge >= 0.3 is 0 Å². The molecule has 6 heavy (non-hydrogen) atoms. The van der Waals surface area contributed by atoms with Crippen molar-refractivity contribution < 1.29 is 0 Å². The molecule has 0 saturated carbocycles. The van der Waals surface area contributed by atoms with Crippen molar-refractivity contribution in [3.8, 4) is 0 Å². The van der Waals surface area contributed by atoms with Gasteiger partial charge in [0.2, 0.25) is 0 Å². The first-order valence-corrected chi connectivity index (χ1v) is 4.82. The van der Waals surface area contributed by atoms with Crippen molar-refractivity contribution in [3.05, 3.63) is 0 Å². The molecule has 0 aliphatic rings. The summed E-state index contributed by atoms with van der Waals surface area (Å²) >= 11 is 10.1. The summed E-state index contributed by atoms with van der Waals surface area (Å²) in [6.45, 7) is 0. The highest BCUT2D eigenvalue weighted by atomic mass is 127. The van der Waals surface area contributed by atoms with E-state index >= 15 is 0 Å². The Morgan fingerprint density at radius 1 is 1.67 bits per heavy atom. The molecule has 0 spiro atoms. The second-order valence-corrected chi connectivity index (χ2v) is 4.71. The van der Waals surface area contributed by atoms with Crippen LogP contribution < -0.4 is 0 Å². The van der Waals surface area contributed by atoms with E-state index in [0.29, 0.717) is 3.38 Å². The Labute approximate surface area is 70.3 Å². The summed E-state index contributed by atoms with van der Waals surface area (Å²) in [6, 6.07) is 0. The van der Waals surface area contributed by atoms with Gasteiger partial charge in [0, 0.05) is 4.43 Å². The maximum Gasteiger partial charge on any atom is 0.0857 e. The largest absolute Gasteiger partial charge is 0.111 e. The summed E-state index contributed by atoms with van der Waals surface area (Å²) in [5, 5.41) is 0. The second kappa shape index (κ2) is 4.90. The highest BCUT2D eigenvalue weighted by molar-refractivity contribution is 14.1. The Bertz CT molecular complexity index is 30.0. The van der Waals surface area contributed by atoms with E-state index in [-0.39, 0.29) is 0 Å². The van der Waals surface area contributed by atoms with Crippen molar-refractivity contribution in [2.75, 3.05) is 4.43 Å². The van der Waals surface area contributed by atoms with Gasteiger partial charge in [-0.1, -0.05) is 45.2 Å². The molecule has 0 aromatic rings. The zero-order chi connectivity index (χ0) is 4.99. The zero-order valence-corrected chi connectivity index (χ0v) is 8.20. The van der Waals surface area contributed by atoms with E-state index in [9.17, 15) is 0 Å². The number of hydrogen-bond acceptors (Lipinski definition) is 0. The second-order valence-electron chi connectivity index (χ2n) is 0.869. The zero-order valence-electron chi connectivity index (χ0n) is 3.13. The van der Waals surface area contributed by atoms with Gasteiger partial charge in [-0.2, -0.15) is 0 Å². The molecule has 0 nitrogen and oxygen atoms in total. The molecule has 0 amide bonds. The van der Waals surface area contributed by atoms with Crippen LogP contribution in [-0.2, 0) is 0 Å². The smallest absolute Gasteiger partial charge is 0.0857 e. The first kappa shape index (κ1) is 7.75. The molecule has 0 fully saturated rings. The van der Waals surface area contributed by atoms with Crippen molar-refractivity contribution in [2.24, 2.45) is 0 Å². The van der Waals surface area contributed by atoms with Gasteiger partial charge in [-0.3, -0.25) is 0 Å². The van der Waals surface area contributed by atoms with Crippen LogP contribution in [0.3, 0.4) is 0 Å². The van der Waals surface area contributed by atoms with Crippen LogP contribution in [0.5, 0.6) is 0 Å². The van der Waals surface area contributed by atoms with Gasteiger partial charge in [-0.25, -0.2) is 0 Å². The average Bonchev–Trinajstić information content (AvgIpc) is 1.35. The monoisotopic (exact) mass is 330 g/mol. The van der Waals surface area contributed by atoms with Crippen molar-refractivity contribution in [1.29, 1.82) is 0 Å². The molecule has 0 bridgehead atoms. The molecule has 3 heteroatoms. The van der Waals surface area contributed by atoms with Crippen LogP contribution in [0.15, 0.2) is 0 Å². The fourth-order valence-electron chi connectivity index (χ4n) is 0.0825. The third-order valence-corrected chi connectivity index (χ3v) is 1.79. The molecular weight excluding hydrogens is 325 g/mol. The highest BCUT2D eigenvalue weighted by Crippen LogP contribution is 2.11. The van der Waals surface area contributed by atoms with Gasteiger partial charge in [0.15, 0.2) is 0 Å². The molecule has 0 saturated heterocycles. The van der Waals surface area contributed by atoms with E-state index in [1.54, 1.807) is 0 Å². The van der Waals surface area contributed by atoms with Crippen LogP contribution in [0.4, 0.5) is 0 Å². The van der Waals surface area contributed by atoms with Crippen LogP contribution in [-0.4, -0.2) is 7.81 Å². The van der Waals surface area contributed by atoms with E-state index < -0.39 is 0 Å². The lowest BCUT2D eigenvalue weighted by molar-refractivity contribution is 1.11. The molecule has 1 atom stereocenters. The Kier molecular flexibility index (Phi) is 6.33. The first-order valence-electron chi connectivity index (χ1n) is 1.61. The standard InChI is InChI=1S/C3H5ClI2/c4-3(6)1-2-5/h3H,1-2H2. The Morgan fingerprint density at radius 3 is 2.17 bits per heavy atom. The summed E-state index contributed by atoms with van der Waals surface area (Å²) in [4.78, 5) is 0.